The van der Waals surface area contributed by atoms with Gasteiger partial charge in [0.15, 0.2) is 11.5 Å². The molecule has 0 unspecified atom stereocenters. The van der Waals surface area contributed by atoms with Gasteiger partial charge in [-0.1, -0.05) is 30.3 Å². The number of benzene rings is 3. The topological polar surface area (TPSA) is 94.2 Å². The van der Waals surface area contributed by atoms with E-state index in [1.165, 1.54) is 12.1 Å². The fourth-order valence-corrected chi connectivity index (χ4v) is 4.40. The van der Waals surface area contributed by atoms with E-state index < -0.39 is 23.6 Å². The average molecular weight is 507 g/mol. The molecule has 0 spiro atoms. The molecule has 2 aliphatic heterocycles. The van der Waals surface area contributed by atoms with Crippen LogP contribution in [-0.2, 0) is 16.2 Å². The van der Waals surface area contributed by atoms with E-state index in [1.807, 2.05) is 0 Å². The number of nitrogens with one attached hydrogen (secondary N) is 1. The molecule has 1 saturated heterocycles. The van der Waals surface area contributed by atoms with E-state index in [9.17, 15) is 18.8 Å². The number of hydrogen-bond donors (Lipinski definition) is 1. The molecular weight excluding hydrogens is 487 g/mol. The lowest BCUT2D eigenvalue weighted by Crippen LogP contribution is -2.36. The summed E-state index contributed by atoms with van der Waals surface area (Å²) in [5, 5.41) is 2.11. The zero-order valence-corrected chi connectivity index (χ0v) is 19.5. The van der Waals surface area contributed by atoms with Crippen LogP contribution in [0, 0.1) is 5.82 Å². The average Bonchev–Trinajstić information content (AvgIpc) is 3.44. The minimum absolute atomic E-state index is 0.107. The van der Waals surface area contributed by atoms with E-state index in [4.69, 9.17) is 14.2 Å². The Bertz CT molecular complexity index is 1380. The summed E-state index contributed by atoms with van der Waals surface area (Å²) < 4.78 is 29.5. The van der Waals surface area contributed by atoms with Gasteiger partial charge in [-0.3, -0.25) is 19.3 Å². The van der Waals surface area contributed by atoms with Gasteiger partial charge in [-0.2, -0.15) is 0 Å². The normalized spacial score (nSPS) is 15.5. The molecule has 5 rings (SSSR count). The molecule has 182 valence electrons. The van der Waals surface area contributed by atoms with Crippen LogP contribution in [0.25, 0.3) is 6.08 Å². The maximum atomic E-state index is 13.1. The standard InChI is InChI=1S/C26H19FN2O6S/c27-18-7-5-16(6-8-18)14-33-20-4-2-1-3-17(20)11-23-25(31)29(26(32)36-23)13-24(30)28-19-9-10-21-22(12-19)35-15-34-21/h1-12H,13-15H2,(H,28,30)/b23-11-. The molecule has 36 heavy (non-hydrogen) atoms. The SMILES string of the molecule is O=C(CN1C(=O)S/C(=C\c2ccccc2OCc2ccc(F)cc2)C1=O)Nc1ccc2c(c1)OCO2. The van der Waals surface area contributed by atoms with Crippen molar-refractivity contribution < 1.29 is 33.0 Å². The summed E-state index contributed by atoms with van der Waals surface area (Å²) in [6.07, 6.45) is 1.56. The first-order valence-electron chi connectivity index (χ1n) is 10.9. The number of carbonyl (C=O) groups is 3. The number of hydrogen-bond acceptors (Lipinski definition) is 7. The van der Waals surface area contributed by atoms with Crippen molar-refractivity contribution in [1.29, 1.82) is 0 Å². The maximum Gasteiger partial charge on any atom is 0.294 e. The Hall–Kier alpha value is -4.31. The van der Waals surface area contributed by atoms with Gasteiger partial charge in [0, 0.05) is 17.3 Å². The van der Waals surface area contributed by atoms with Gasteiger partial charge in [-0.15, -0.1) is 0 Å². The summed E-state index contributed by atoms with van der Waals surface area (Å²) in [5.41, 5.74) is 1.83. The number of amides is 3. The molecule has 8 nitrogen and oxygen atoms in total. The third-order valence-corrected chi connectivity index (χ3v) is 6.25. The predicted octanol–water partition coefficient (Wildman–Crippen LogP) is 4.81. The molecule has 0 saturated carbocycles. The molecule has 1 N–H and O–H groups in total. The minimum atomic E-state index is -0.570. The monoisotopic (exact) mass is 506 g/mol. The molecule has 2 aliphatic rings. The van der Waals surface area contributed by atoms with Crippen LogP contribution in [-0.4, -0.2) is 35.3 Å². The lowest BCUT2D eigenvalue weighted by atomic mass is 10.1. The lowest BCUT2D eigenvalue weighted by molar-refractivity contribution is -0.127. The highest BCUT2D eigenvalue weighted by Gasteiger charge is 2.36. The van der Waals surface area contributed by atoms with E-state index in [2.05, 4.69) is 5.32 Å². The summed E-state index contributed by atoms with van der Waals surface area (Å²) in [6.45, 7) is -0.123. The van der Waals surface area contributed by atoms with Gasteiger partial charge in [-0.25, -0.2) is 4.39 Å². The fourth-order valence-electron chi connectivity index (χ4n) is 3.57. The number of fused-ring (bicyclic) bond motifs is 1. The summed E-state index contributed by atoms with van der Waals surface area (Å²) in [7, 11) is 0. The second-order valence-electron chi connectivity index (χ2n) is 7.84. The van der Waals surface area contributed by atoms with Crippen LogP contribution in [0.5, 0.6) is 17.2 Å². The van der Waals surface area contributed by atoms with Crippen LogP contribution >= 0.6 is 11.8 Å². The van der Waals surface area contributed by atoms with Gasteiger partial charge in [0.05, 0.1) is 4.91 Å². The van der Waals surface area contributed by atoms with E-state index in [0.717, 1.165) is 22.2 Å². The van der Waals surface area contributed by atoms with E-state index in [1.54, 1.807) is 60.7 Å². The van der Waals surface area contributed by atoms with Crippen LogP contribution in [0.15, 0.2) is 71.6 Å². The Morgan fingerprint density at radius 3 is 2.67 bits per heavy atom. The zero-order valence-electron chi connectivity index (χ0n) is 18.7. The van der Waals surface area contributed by atoms with Crippen molar-refractivity contribution >= 4 is 40.6 Å². The van der Waals surface area contributed by atoms with Crippen LogP contribution in [0.2, 0.25) is 0 Å². The smallest absolute Gasteiger partial charge is 0.294 e. The van der Waals surface area contributed by atoms with E-state index in [0.29, 0.717) is 28.5 Å². The summed E-state index contributed by atoms with van der Waals surface area (Å²) in [6, 6.07) is 17.9. The number of ether oxygens (including phenoxy) is 3. The zero-order chi connectivity index (χ0) is 25.1. The second-order valence-corrected chi connectivity index (χ2v) is 8.83. The van der Waals surface area contributed by atoms with E-state index >= 15 is 0 Å². The third kappa shape index (κ3) is 5.18. The number of anilines is 1. The molecule has 0 radical (unpaired) electrons. The Kier molecular flexibility index (Phi) is 6.59. The van der Waals surface area contributed by atoms with E-state index in [-0.39, 0.29) is 24.1 Å². The Balaban J connectivity index is 1.25. The van der Waals surface area contributed by atoms with Crippen molar-refractivity contribution in [3.8, 4) is 17.2 Å². The van der Waals surface area contributed by atoms with Crippen molar-refractivity contribution in [2.24, 2.45) is 0 Å². The number of carbonyl (C=O) groups excluding carboxylic acids is 3. The highest BCUT2D eigenvalue weighted by molar-refractivity contribution is 8.18. The molecule has 3 aromatic carbocycles. The molecule has 3 amide bonds. The van der Waals surface area contributed by atoms with Crippen molar-refractivity contribution in [2.75, 3.05) is 18.7 Å². The molecule has 1 fully saturated rings. The Labute approximate surface area is 209 Å². The van der Waals surface area contributed by atoms with Crippen molar-refractivity contribution in [3.63, 3.8) is 0 Å². The van der Waals surface area contributed by atoms with Gasteiger partial charge in [-0.05, 0) is 53.7 Å². The van der Waals surface area contributed by atoms with Crippen LogP contribution in [0.4, 0.5) is 14.9 Å². The molecule has 10 heteroatoms. The van der Waals surface area contributed by atoms with Gasteiger partial charge in [0.1, 0.15) is 24.7 Å². The second kappa shape index (κ2) is 10.1. The molecule has 2 heterocycles. The van der Waals surface area contributed by atoms with Crippen LogP contribution in [0.3, 0.4) is 0 Å². The molecule has 0 atom stereocenters. The maximum absolute atomic E-state index is 13.1. The lowest BCUT2D eigenvalue weighted by Gasteiger charge is -2.13. The first-order valence-corrected chi connectivity index (χ1v) is 11.7. The van der Waals surface area contributed by atoms with Crippen LogP contribution < -0.4 is 19.5 Å². The number of nitrogens with zero attached hydrogens (tertiary/aromatic N) is 1. The summed E-state index contributed by atoms with van der Waals surface area (Å²) >= 11 is 0.751. The highest BCUT2D eigenvalue weighted by atomic mass is 32.2. The quantitative estimate of drug-likeness (QED) is 0.460. The number of imide groups is 1. The number of para-hydroxylation sites is 1. The van der Waals surface area contributed by atoms with Gasteiger partial charge in [0.25, 0.3) is 11.1 Å². The first kappa shape index (κ1) is 23.4. The number of thioether (sulfide) groups is 1. The largest absolute Gasteiger partial charge is 0.488 e. The summed E-state index contributed by atoms with van der Waals surface area (Å²) in [5.74, 6) is 0.140. The molecule has 0 aliphatic carbocycles. The minimum Gasteiger partial charge on any atom is -0.488 e. The first-order chi connectivity index (χ1) is 17.5. The third-order valence-electron chi connectivity index (χ3n) is 5.34. The Morgan fingerprint density at radius 1 is 1.06 bits per heavy atom. The predicted molar refractivity (Wildman–Crippen MR) is 131 cm³/mol. The van der Waals surface area contributed by atoms with Gasteiger partial charge in [0.2, 0.25) is 12.7 Å². The van der Waals surface area contributed by atoms with Crippen LogP contribution in [0.1, 0.15) is 11.1 Å². The van der Waals surface area contributed by atoms with Crippen molar-refractivity contribution in [2.45, 2.75) is 6.61 Å². The molecule has 0 bridgehead atoms. The number of rotatable bonds is 7. The fraction of sp³-hybridized carbons (Fsp3) is 0.115. The van der Waals surface area contributed by atoms with Gasteiger partial charge < -0.3 is 19.5 Å². The highest BCUT2D eigenvalue weighted by Crippen LogP contribution is 2.35. The van der Waals surface area contributed by atoms with Gasteiger partial charge >= 0.3 is 0 Å². The summed E-state index contributed by atoms with van der Waals surface area (Å²) in [4.78, 5) is 39.0. The van der Waals surface area contributed by atoms with Crippen molar-refractivity contribution in [3.05, 3.63) is 88.6 Å². The Morgan fingerprint density at radius 2 is 1.83 bits per heavy atom. The molecule has 3 aromatic rings. The molecular formula is C26H19FN2O6S. The van der Waals surface area contributed by atoms with Crippen molar-refractivity contribution in [1.82, 2.24) is 4.90 Å². The number of halogens is 1. The molecule has 0 aromatic heterocycles.